The second-order valence-corrected chi connectivity index (χ2v) is 9.06. The van der Waals surface area contributed by atoms with Crippen LogP contribution in [0, 0.1) is 11.8 Å². The van der Waals surface area contributed by atoms with E-state index in [2.05, 4.69) is 0 Å². The van der Waals surface area contributed by atoms with Crippen molar-refractivity contribution in [1.29, 1.82) is 0 Å². The van der Waals surface area contributed by atoms with E-state index in [-0.39, 0.29) is 12.3 Å². The summed E-state index contributed by atoms with van der Waals surface area (Å²) >= 11 is 0. The predicted octanol–water partition coefficient (Wildman–Crippen LogP) is 3.47. The molecule has 182 valence electrons. The highest BCUT2D eigenvalue weighted by atomic mass is 19.4. The van der Waals surface area contributed by atoms with Gasteiger partial charge in [0.25, 0.3) is 5.91 Å². The van der Waals surface area contributed by atoms with E-state index in [9.17, 15) is 32.7 Å². The van der Waals surface area contributed by atoms with E-state index in [0.29, 0.717) is 12.8 Å². The summed E-state index contributed by atoms with van der Waals surface area (Å²) < 4.78 is 47.1. The van der Waals surface area contributed by atoms with Crippen LogP contribution in [0.2, 0.25) is 0 Å². The highest BCUT2D eigenvalue weighted by Crippen LogP contribution is 2.40. The maximum Gasteiger partial charge on any atom is 0.416 e. The number of halogens is 3. The summed E-state index contributed by atoms with van der Waals surface area (Å²) in [7, 11) is 1.15. The number of carbonyl (C=O) groups is 3. The number of likely N-dealkylation sites (N-methyl/N-ethyl adjacent to an activating group) is 1. The van der Waals surface area contributed by atoms with Crippen molar-refractivity contribution in [2.45, 2.75) is 70.4 Å². The molecule has 1 saturated heterocycles. The summed E-state index contributed by atoms with van der Waals surface area (Å²) in [5.74, 6) is -3.98. The van der Waals surface area contributed by atoms with Crippen molar-refractivity contribution in [3.05, 3.63) is 35.4 Å². The summed E-state index contributed by atoms with van der Waals surface area (Å²) in [6, 6.07) is 2.62. The molecule has 1 N–H and O–H groups in total. The van der Waals surface area contributed by atoms with Crippen molar-refractivity contribution in [3.8, 4) is 0 Å². The third kappa shape index (κ3) is 5.15. The molecule has 7 nitrogen and oxygen atoms in total. The van der Waals surface area contributed by atoms with Gasteiger partial charge >= 0.3 is 12.1 Å². The number of hydrogen-bond acceptors (Lipinski definition) is 5. The van der Waals surface area contributed by atoms with Gasteiger partial charge in [-0.3, -0.25) is 14.6 Å². The number of benzene rings is 1. The molecule has 1 aromatic rings. The van der Waals surface area contributed by atoms with Gasteiger partial charge in [-0.2, -0.15) is 13.2 Å². The van der Waals surface area contributed by atoms with Crippen LogP contribution < -0.4 is 0 Å². The van der Waals surface area contributed by atoms with Crippen molar-refractivity contribution in [1.82, 2.24) is 10.0 Å². The van der Waals surface area contributed by atoms with Crippen LogP contribution in [-0.4, -0.2) is 52.2 Å². The van der Waals surface area contributed by atoms with Gasteiger partial charge in [0.1, 0.15) is 12.2 Å². The first kappa shape index (κ1) is 25.0. The number of amides is 2. The number of nitrogens with zero attached hydrogens (tertiary/aromatic N) is 2. The number of hydrogen-bond donors (Lipinski definition) is 1. The van der Waals surface area contributed by atoms with E-state index >= 15 is 0 Å². The summed E-state index contributed by atoms with van der Waals surface area (Å²) in [4.78, 5) is 39.5. The number of hydrazine groups is 1. The molecule has 3 unspecified atom stereocenters. The molecule has 1 aliphatic carbocycles. The minimum absolute atomic E-state index is 0.0852. The monoisotopic (exact) mass is 470 g/mol. The number of aliphatic hydroxyl groups excluding tert-OH is 1. The molecule has 1 aliphatic heterocycles. The molecule has 0 bridgehead atoms. The minimum Gasteiger partial charge on any atom is -0.461 e. The van der Waals surface area contributed by atoms with Gasteiger partial charge in [-0.15, -0.1) is 0 Å². The van der Waals surface area contributed by atoms with Crippen LogP contribution in [0.3, 0.4) is 0 Å². The van der Waals surface area contributed by atoms with E-state index < -0.39 is 59.3 Å². The van der Waals surface area contributed by atoms with Gasteiger partial charge in [0, 0.05) is 12.6 Å². The Labute approximate surface area is 190 Å². The van der Waals surface area contributed by atoms with Gasteiger partial charge in [0.2, 0.25) is 5.91 Å². The van der Waals surface area contributed by atoms with Crippen molar-refractivity contribution in [2.24, 2.45) is 11.8 Å². The number of rotatable bonds is 6. The predicted molar refractivity (Wildman–Crippen MR) is 111 cm³/mol. The molecular weight excluding hydrogens is 441 g/mol. The Morgan fingerprint density at radius 2 is 1.76 bits per heavy atom. The lowest BCUT2D eigenvalue weighted by Gasteiger charge is -2.45. The first-order valence-corrected chi connectivity index (χ1v) is 11.1. The topological polar surface area (TPSA) is 87.2 Å². The van der Waals surface area contributed by atoms with Gasteiger partial charge < -0.3 is 9.84 Å². The molecule has 2 aliphatic rings. The number of carbonyl (C=O) groups excluding carboxylic acids is 3. The third-order valence-electron chi connectivity index (χ3n) is 6.16. The molecular formula is C23H29F3N2O5. The fraction of sp³-hybridized carbons (Fsp3) is 0.609. The van der Waals surface area contributed by atoms with Gasteiger partial charge in [0.05, 0.1) is 11.5 Å². The Morgan fingerprint density at radius 3 is 2.33 bits per heavy atom. The highest BCUT2D eigenvalue weighted by Gasteiger charge is 2.51. The average Bonchev–Trinajstić information content (AvgIpc) is 3.25. The van der Waals surface area contributed by atoms with Crippen LogP contribution in [0.15, 0.2) is 24.3 Å². The van der Waals surface area contributed by atoms with Gasteiger partial charge in [-0.1, -0.05) is 32.0 Å². The second kappa shape index (κ2) is 9.70. The Kier molecular flexibility index (Phi) is 7.36. The number of alkyl halides is 3. The van der Waals surface area contributed by atoms with Gasteiger partial charge in [-0.25, -0.2) is 9.80 Å². The van der Waals surface area contributed by atoms with Crippen LogP contribution in [0.5, 0.6) is 0 Å². The average molecular weight is 470 g/mol. The number of ether oxygens (including phenoxy) is 1. The fourth-order valence-electron chi connectivity index (χ4n) is 4.55. The normalized spacial score (nSPS) is 23.4. The van der Waals surface area contributed by atoms with Crippen molar-refractivity contribution >= 4 is 17.8 Å². The molecule has 2 fully saturated rings. The molecule has 10 heteroatoms. The fourth-order valence-corrected chi connectivity index (χ4v) is 4.55. The number of aliphatic hydroxyl groups is 1. The molecule has 1 heterocycles. The Morgan fingerprint density at radius 1 is 1.15 bits per heavy atom. The lowest BCUT2D eigenvalue weighted by molar-refractivity contribution is -0.198. The molecule has 33 heavy (non-hydrogen) atoms. The van der Waals surface area contributed by atoms with Crippen molar-refractivity contribution in [3.63, 3.8) is 0 Å². The summed E-state index contributed by atoms with van der Waals surface area (Å²) in [6.07, 6.45) is -3.98. The second-order valence-electron chi connectivity index (χ2n) is 9.06. The van der Waals surface area contributed by atoms with E-state index in [1.807, 2.05) is 0 Å². The zero-order valence-electron chi connectivity index (χ0n) is 18.8. The standard InChI is InChI=1S/C23H29F3N2O5/c1-13(2)12-16-19(29)21(31)27(3)28(20(16)30)18(22(32)33-14-8-4-5-9-14)15-10-6-7-11-17(15)23(24,25)26/h6-7,10-11,13-14,16,18-19,29H,4-5,8-9,12H2,1-3H3. The maximum atomic E-state index is 13.8. The van der Waals surface area contributed by atoms with Crippen LogP contribution in [0.25, 0.3) is 0 Å². The SMILES string of the molecule is CC(C)CC1C(=O)N(C(C(=O)OC2CCCC2)c2ccccc2C(F)(F)F)N(C)C(=O)C1O. The molecule has 3 rings (SSSR count). The third-order valence-corrected chi connectivity index (χ3v) is 6.16. The first-order chi connectivity index (χ1) is 15.4. The zero-order valence-corrected chi connectivity index (χ0v) is 18.8. The first-order valence-electron chi connectivity index (χ1n) is 11.1. The van der Waals surface area contributed by atoms with Crippen LogP contribution >= 0.6 is 0 Å². The van der Waals surface area contributed by atoms with Crippen LogP contribution in [0.1, 0.15) is 63.1 Å². The smallest absolute Gasteiger partial charge is 0.416 e. The molecule has 1 aromatic carbocycles. The molecule has 3 atom stereocenters. The van der Waals surface area contributed by atoms with E-state index in [1.54, 1.807) is 13.8 Å². The largest absolute Gasteiger partial charge is 0.461 e. The molecule has 1 saturated carbocycles. The summed E-state index contributed by atoms with van der Waals surface area (Å²) in [6.45, 7) is 3.58. The van der Waals surface area contributed by atoms with E-state index in [1.165, 1.54) is 12.1 Å². The minimum atomic E-state index is -4.80. The van der Waals surface area contributed by atoms with E-state index in [4.69, 9.17) is 4.74 Å². The number of esters is 1. The molecule has 2 amide bonds. The Bertz CT molecular complexity index is 898. The Balaban J connectivity index is 2.11. The van der Waals surface area contributed by atoms with Crippen molar-refractivity contribution < 1.29 is 37.4 Å². The van der Waals surface area contributed by atoms with Gasteiger partial charge in [0.15, 0.2) is 6.04 Å². The summed E-state index contributed by atoms with van der Waals surface area (Å²) in [5.41, 5.74) is -1.58. The quantitative estimate of drug-likeness (QED) is 0.644. The summed E-state index contributed by atoms with van der Waals surface area (Å²) in [5, 5.41) is 11.9. The van der Waals surface area contributed by atoms with Crippen molar-refractivity contribution in [2.75, 3.05) is 7.05 Å². The highest BCUT2D eigenvalue weighted by molar-refractivity contribution is 5.96. The maximum absolute atomic E-state index is 13.8. The van der Waals surface area contributed by atoms with Crippen LogP contribution in [-0.2, 0) is 25.3 Å². The molecule has 0 radical (unpaired) electrons. The Hall–Kier alpha value is -2.62. The van der Waals surface area contributed by atoms with Gasteiger partial charge in [-0.05, 0) is 44.1 Å². The molecule has 0 aromatic heterocycles. The van der Waals surface area contributed by atoms with E-state index in [0.717, 1.165) is 42.0 Å². The lowest BCUT2D eigenvalue weighted by atomic mass is 9.87. The van der Waals surface area contributed by atoms with Crippen LogP contribution in [0.4, 0.5) is 13.2 Å². The molecule has 0 spiro atoms. The lowest BCUT2D eigenvalue weighted by Crippen LogP contribution is -2.63. The zero-order chi connectivity index (χ0) is 24.5.